The number of methoxy groups -OCH3 is 1. The quantitative estimate of drug-likeness (QED) is 0.756. The van der Waals surface area contributed by atoms with E-state index in [-0.39, 0.29) is 0 Å². The summed E-state index contributed by atoms with van der Waals surface area (Å²) in [7, 11) is 1.66. The summed E-state index contributed by atoms with van der Waals surface area (Å²) in [6.45, 7) is 3.37. The van der Waals surface area contributed by atoms with Gasteiger partial charge in [0.1, 0.15) is 15.9 Å². The van der Waals surface area contributed by atoms with Gasteiger partial charge in [0.05, 0.1) is 19.9 Å². The predicted molar refractivity (Wildman–Crippen MR) is 89.2 cm³/mol. The molecule has 0 unspecified atom stereocenters. The highest BCUT2D eigenvalue weighted by atomic mass is 79.9. The summed E-state index contributed by atoms with van der Waals surface area (Å²) in [6, 6.07) is 7.96. The topological polar surface area (TPSA) is 64.9 Å². The third-order valence-electron chi connectivity index (χ3n) is 3.29. The Morgan fingerprint density at radius 3 is 2.95 bits per heavy atom. The zero-order chi connectivity index (χ0) is 15.5. The van der Waals surface area contributed by atoms with Gasteiger partial charge in [0.2, 0.25) is 0 Å². The third kappa shape index (κ3) is 3.04. The van der Waals surface area contributed by atoms with Crippen LogP contribution in [-0.2, 0) is 6.54 Å². The second-order valence-electron chi connectivity index (χ2n) is 4.86. The minimum atomic E-state index is 0.679. The van der Waals surface area contributed by atoms with Gasteiger partial charge in [-0.05, 0) is 35.0 Å². The summed E-state index contributed by atoms with van der Waals surface area (Å²) in [5.41, 5.74) is 2.85. The van der Waals surface area contributed by atoms with Crippen LogP contribution in [0.4, 0.5) is 5.69 Å². The number of fused-ring (bicyclic) bond motifs is 1. The molecule has 0 radical (unpaired) electrons. The molecule has 3 rings (SSSR count). The highest BCUT2D eigenvalue weighted by Gasteiger charge is 2.08. The van der Waals surface area contributed by atoms with Crippen LogP contribution in [0, 0.1) is 6.92 Å². The van der Waals surface area contributed by atoms with Crippen molar-refractivity contribution in [2.24, 2.45) is 0 Å². The van der Waals surface area contributed by atoms with Crippen LogP contribution >= 0.6 is 15.9 Å². The van der Waals surface area contributed by atoms with E-state index in [1.54, 1.807) is 18.1 Å². The molecular formula is C15H16BrN5O. The van der Waals surface area contributed by atoms with E-state index in [2.05, 4.69) is 36.4 Å². The Morgan fingerprint density at radius 2 is 2.23 bits per heavy atom. The number of nitrogens with one attached hydrogen (secondary N) is 1. The first kappa shape index (κ1) is 14.8. The maximum Gasteiger partial charge on any atom is 0.148 e. The number of nitrogens with zero attached hydrogens (tertiary/aromatic N) is 4. The van der Waals surface area contributed by atoms with E-state index in [4.69, 9.17) is 4.74 Å². The molecule has 114 valence electrons. The molecule has 7 heteroatoms. The molecule has 0 spiro atoms. The first-order chi connectivity index (χ1) is 10.7. The number of anilines is 1. The molecule has 0 fully saturated rings. The van der Waals surface area contributed by atoms with Gasteiger partial charge in [-0.2, -0.15) is 9.90 Å². The predicted octanol–water partition coefficient (Wildman–Crippen LogP) is 3.02. The van der Waals surface area contributed by atoms with Gasteiger partial charge in [-0.25, -0.2) is 4.98 Å². The number of ether oxygens (including phenoxy) is 1. The first-order valence-corrected chi connectivity index (χ1v) is 7.70. The zero-order valence-corrected chi connectivity index (χ0v) is 14.0. The summed E-state index contributed by atoms with van der Waals surface area (Å²) < 4.78 is 6.13. The van der Waals surface area contributed by atoms with Crippen molar-refractivity contribution < 1.29 is 4.74 Å². The molecular weight excluding hydrogens is 346 g/mol. The molecule has 0 atom stereocenters. The number of hydrogen-bond acceptors (Lipinski definition) is 5. The normalized spacial score (nSPS) is 10.9. The van der Waals surface area contributed by atoms with E-state index in [1.807, 2.05) is 31.2 Å². The van der Waals surface area contributed by atoms with Crippen molar-refractivity contribution >= 4 is 32.5 Å². The van der Waals surface area contributed by atoms with E-state index in [0.29, 0.717) is 6.54 Å². The number of pyridine rings is 1. The van der Waals surface area contributed by atoms with Crippen molar-refractivity contribution in [3.63, 3.8) is 0 Å². The van der Waals surface area contributed by atoms with E-state index in [0.717, 1.165) is 39.2 Å². The lowest BCUT2D eigenvalue weighted by molar-refractivity contribution is 0.419. The Bertz CT molecular complexity index is 802. The Hall–Kier alpha value is -2.15. The Morgan fingerprint density at radius 1 is 1.36 bits per heavy atom. The maximum absolute atomic E-state index is 5.39. The molecule has 6 nitrogen and oxygen atoms in total. The number of para-hydroxylation sites is 1. The van der Waals surface area contributed by atoms with Crippen LogP contribution < -0.4 is 10.1 Å². The molecule has 0 aliphatic carbocycles. The maximum atomic E-state index is 5.39. The van der Waals surface area contributed by atoms with Gasteiger partial charge in [0.15, 0.2) is 0 Å². The van der Waals surface area contributed by atoms with Gasteiger partial charge in [0.25, 0.3) is 0 Å². The van der Waals surface area contributed by atoms with Crippen LogP contribution in [0.2, 0.25) is 0 Å². The fourth-order valence-corrected chi connectivity index (χ4v) is 2.61. The number of benzene rings is 1. The second-order valence-corrected chi connectivity index (χ2v) is 5.67. The Labute approximate surface area is 136 Å². The molecule has 0 amide bonds. The van der Waals surface area contributed by atoms with Crippen LogP contribution in [0.3, 0.4) is 0 Å². The standard InChI is InChI=1S/C15H16BrN5O/c1-10-8-12(17-6-7-21-18-9-14(16)20-21)11-4-3-5-13(22-2)15(11)19-10/h3-5,8-9H,6-7H2,1-2H3,(H,17,19). The first-order valence-electron chi connectivity index (χ1n) is 6.91. The molecule has 2 heterocycles. The van der Waals surface area contributed by atoms with Crippen molar-refractivity contribution in [1.29, 1.82) is 0 Å². The summed E-state index contributed by atoms with van der Waals surface area (Å²) in [4.78, 5) is 6.22. The summed E-state index contributed by atoms with van der Waals surface area (Å²) >= 11 is 3.29. The Balaban J connectivity index is 1.83. The third-order valence-corrected chi connectivity index (χ3v) is 3.65. The minimum absolute atomic E-state index is 0.679. The molecule has 0 aliphatic rings. The SMILES string of the molecule is COc1cccc2c(NCCn3ncc(Br)n3)cc(C)nc12. The molecule has 0 saturated heterocycles. The fraction of sp³-hybridized carbons (Fsp3) is 0.267. The molecule has 3 aromatic rings. The number of halogens is 1. The van der Waals surface area contributed by atoms with E-state index in [1.165, 1.54) is 0 Å². The van der Waals surface area contributed by atoms with Gasteiger partial charge in [-0.3, -0.25) is 0 Å². The molecule has 2 aromatic heterocycles. The number of rotatable bonds is 5. The molecule has 22 heavy (non-hydrogen) atoms. The molecule has 1 N–H and O–H groups in total. The summed E-state index contributed by atoms with van der Waals surface area (Å²) in [5, 5.41) is 12.8. The largest absolute Gasteiger partial charge is 0.494 e. The highest BCUT2D eigenvalue weighted by Crippen LogP contribution is 2.29. The Kier molecular flexibility index (Phi) is 4.24. The van der Waals surface area contributed by atoms with E-state index in [9.17, 15) is 0 Å². The van der Waals surface area contributed by atoms with Crippen molar-refractivity contribution in [2.45, 2.75) is 13.5 Å². The number of hydrogen-bond donors (Lipinski definition) is 1. The van der Waals surface area contributed by atoms with Crippen molar-refractivity contribution in [3.8, 4) is 5.75 Å². The highest BCUT2D eigenvalue weighted by molar-refractivity contribution is 9.10. The average molecular weight is 362 g/mol. The van der Waals surface area contributed by atoms with Crippen LogP contribution in [-0.4, -0.2) is 33.6 Å². The molecule has 0 saturated carbocycles. The van der Waals surface area contributed by atoms with Crippen molar-refractivity contribution in [2.75, 3.05) is 19.0 Å². The number of aromatic nitrogens is 4. The van der Waals surface area contributed by atoms with Gasteiger partial charge < -0.3 is 10.1 Å². The fourth-order valence-electron chi connectivity index (χ4n) is 2.34. The van der Waals surface area contributed by atoms with Crippen LogP contribution in [0.15, 0.2) is 35.1 Å². The van der Waals surface area contributed by atoms with Gasteiger partial charge in [-0.15, -0.1) is 5.10 Å². The van der Waals surface area contributed by atoms with Gasteiger partial charge in [0, 0.05) is 23.3 Å². The lowest BCUT2D eigenvalue weighted by atomic mass is 10.1. The van der Waals surface area contributed by atoms with Crippen molar-refractivity contribution in [1.82, 2.24) is 20.0 Å². The zero-order valence-electron chi connectivity index (χ0n) is 12.4. The van der Waals surface area contributed by atoms with Crippen LogP contribution in [0.1, 0.15) is 5.69 Å². The van der Waals surface area contributed by atoms with Gasteiger partial charge >= 0.3 is 0 Å². The lowest BCUT2D eigenvalue weighted by Crippen LogP contribution is -2.13. The molecule has 1 aromatic carbocycles. The van der Waals surface area contributed by atoms with Crippen LogP contribution in [0.25, 0.3) is 10.9 Å². The smallest absolute Gasteiger partial charge is 0.148 e. The number of aryl methyl sites for hydroxylation is 1. The summed E-state index contributed by atoms with van der Waals surface area (Å²) in [5.74, 6) is 0.780. The van der Waals surface area contributed by atoms with Crippen LogP contribution in [0.5, 0.6) is 5.75 Å². The summed E-state index contributed by atoms with van der Waals surface area (Å²) in [6.07, 6.45) is 1.68. The average Bonchev–Trinajstić information content (AvgIpc) is 2.92. The second kappa shape index (κ2) is 6.31. The minimum Gasteiger partial charge on any atom is -0.494 e. The van der Waals surface area contributed by atoms with Gasteiger partial charge in [-0.1, -0.05) is 12.1 Å². The van der Waals surface area contributed by atoms with E-state index >= 15 is 0 Å². The molecule has 0 bridgehead atoms. The van der Waals surface area contributed by atoms with E-state index < -0.39 is 0 Å². The monoisotopic (exact) mass is 361 g/mol. The molecule has 0 aliphatic heterocycles. The lowest BCUT2D eigenvalue weighted by Gasteiger charge is -2.12. The van der Waals surface area contributed by atoms with Crippen molar-refractivity contribution in [3.05, 3.63) is 40.8 Å².